The van der Waals surface area contributed by atoms with Crippen molar-refractivity contribution in [1.82, 2.24) is 0 Å². The molecule has 4 atom stereocenters. The van der Waals surface area contributed by atoms with E-state index >= 15 is 0 Å². The number of aliphatic hydroxyl groups is 2. The lowest BCUT2D eigenvalue weighted by molar-refractivity contribution is -0.278. The van der Waals surface area contributed by atoms with Crippen LogP contribution >= 0.6 is 0 Å². The first-order valence-corrected chi connectivity index (χ1v) is 6.08. The third-order valence-corrected chi connectivity index (χ3v) is 5.44. The molecule has 80 valence electrons. The lowest BCUT2D eigenvalue weighted by atomic mass is 9.41. The van der Waals surface area contributed by atoms with E-state index in [1.54, 1.807) is 0 Å². The first-order valence-electron chi connectivity index (χ1n) is 6.08. The van der Waals surface area contributed by atoms with Gasteiger partial charge in [0.15, 0.2) is 0 Å². The van der Waals surface area contributed by atoms with Gasteiger partial charge in [0.05, 0.1) is 5.60 Å². The molecule has 0 amide bonds. The molecule has 0 aliphatic heterocycles. The summed E-state index contributed by atoms with van der Waals surface area (Å²) in [6, 6.07) is 0. The molecule has 0 saturated heterocycles. The quantitative estimate of drug-likeness (QED) is 0.670. The Morgan fingerprint density at radius 2 is 1.79 bits per heavy atom. The molecule has 0 heterocycles. The van der Waals surface area contributed by atoms with Gasteiger partial charge in [0.2, 0.25) is 0 Å². The second-order valence-corrected chi connectivity index (χ2v) is 5.58. The molecule has 0 aromatic heterocycles. The van der Waals surface area contributed by atoms with Crippen LogP contribution < -0.4 is 0 Å². The zero-order valence-electron chi connectivity index (χ0n) is 8.71. The minimum Gasteiger partial charge on any atom is -0.396 e. The van der Waals surface area contributed by atoms with Crippen LogP contribution in [0.15, 0.2) is 0 Å². The molecule has 2 N–H and O–H groups in total. The summed E-state index contributed by atoms with van der Waals surface area (Å²) in [6.07, 6.45) is 8.32. The van der Waals surface area contributed by atoms with Crippen molar-refractivity contribution < 1.29 is 10.2 Å². The fourth-order valence-electron chi connectivity index (χ4n) is 4.90. The molecule has 0 aromatic carbocycles. The second-order valence-electron chi connectivity index (χ2n) is 5.58. The highest BCUT2D eigenvalue weighted by atomic mass is 16.3. The minimum atomic E-state index is -0.485. The fraction of sp³-hybridized carbons (Fsp3) is 1.00. The Hall–Kier alpha value is -0.0800. The van der Waals surface area contributed by atoms with Gasteiger partial charge < -0.3 is 10.2 Å². The van der Waals surface area contributed by atoms with Gasteiger partial charge in [-0.15, -0.1) is 0 Å². The second kappa shape index (κ2) is 2.73. The maximum absolute atomic E-state index is 10.7. The highest BCUT2D eigenvalue weighted by Crippen LogP contribution is 2.71. The molecule has 0 unspecified atom stereocenters. The third kappa shape index (κ3) is 0.772. The van der Waals surface area contributed by atoms with Gasteiger partial charge in [-0.1, -0.05) is 19.3 Å². The maximum Gasteiger partial charge on any atom is 0.0759 e. The summed E-state index contributed by atoms with van der Waals surface area (Å²) in [5, 5.41) is 20.1. The normalized spacial score (nSPS) is 56.1. The third-order valence-electron chi connectivity index (χ3n) is 5.44. The van der Waals surface area contributed by atoms with E-state index in [9.17, 15) is 10.2 Å². The highest BCUT2D eigenvalue weighted by Gasteiger charge is 2.71. The average molecular weight is 196 g/mol. The molecular formula is C12H20O2. The Morgan fingerprint density at radius 3 is 2.57 bits per heavy atom. The molecule has 0 aromatic rings. The number of hydrogen-bond acceptors (Lipinski definition) is 2. The van der Waals surface area contributed by atoms with Crippen molar-refractivity contribution in [3.63, 3.8) is 0 Å². The number of rotatable bonds is 1. The Labute approximate surface area is 85.3 Å². The van der Waals surface area contributed by atoms with Crippen molar-refractivity contribution in [2.45, 2.75) is 50.5 Å². The molecule has 1 spiro atoms. The Bertz CT molecular complexity index is 253. The zero-order chi connectivity index (χ0) is 9.81. The van der Waals surface area contributed by atoms with Crippen LogP contribution in [0.2, 0.25) is 0 Å². The van der Waals surface area contributed by atoms with Crippen LogP contribution in [0.5, 0.6) is 0 Å². The molecule has 14 heavy (non-hydrogen) atoms. The van der Waals surface area contributed by atoms with Gasteiger partial charge in [0.1, 0.15) is 0 Å². The van der Waals surface area contributed by atoms with Gasteiger partial charge in [-0.25, -0.2) is 0 Å². The van der Waals surface area contributed by atoms with E-state index in [1.807, 2.05) is 0 Å². The van der Waals surface area contributed by atoms with Crippen LogP contribution in [0.4, 0.5) is 0 Å². The minimum absolute atomic E-state index is 0.197. The fourth-order valence-corrected chi connectivity index (χ4v) is 4.90. The standard InChI is InChI=1S/C12H20O2/c13-8-10-9-4-3-6-11(9)5-1-2-7-12(10,11)14/h9-10,13-14H,1-8H2/t9-,10-,11-,12+/m0/s1. The lowest BCUT2D eigenvalue weighted by Gasteiger charge is -2.67. The van der Waals surface area contributed by atoms with E-state index in [1.165, 1.54) is 32.1 Å². The Balaban J connectivity index is 1.96. The molecule has 3 saturated carbocycles. The molecule has 0 bridgehead atoms. The van der Waals surface area contributed by atoms with Gasteiger partial charge in [0, 0.05) is 17.9 Å². The topological polar surface area (TPSA) is 40.5 Å². The summed E-state index contributed by atoms with van der Waals surface area (Å²) in [5.41, 5.74) is -0.250. The molecule has 0 radical (unpaired) electrons. The highest BCUT2D eigenvalue weighted by molar-refractivity contribution is 5.21. The molecule has 2 heteroatoms. The van der Waals surface area contributed by atoms with Crippen molar-refractivity contribution in [2.24, 2.45) is 17.3 Å². The van der Waals surface area contributed by atoms with E-state index in [0.29, 0.717) is 5.92 Å². The molecule has 2 nitrogen and oxygen atoms in total. The summed E-state index contributed by atoms with van der Waals surface area (Å²) >= 11 is 0. The van der Waals surface area contributed by atoms with Gasteiger partial charge in [-0.05, 0) is 31.6 Å². The Kier molecular flexibility index (Phi) is 1.79. The van der Waals surface area contributed by atoms with E-state index in [4.69, 9.17) is 0 Å². The first-order chi connectivity index (χ1) is 6.74. The van der Waals surface area contributed by atoms with Crippen LogP contribution in [0, 0.1) is 17.3 Å². The van der Waals surface area contributed by atoms with Gasteiger partial charge in [0.25, 0.3) is 0 Å². The molecule has 3 rings (SSSR count). The van der Waals surface area contributed by atoms with Crippen LogP contribution in [0.1, 0.15) is 44.9 Å². The monoisotopic (exact) mass is 196 g/mol. The van der Waals surface area contributed by atoms with E-state index in [-0.39, 0.29) is 17.9 Å². The predicted octanol–water partition coefficient (Wildman–Crippen LogP) is 1.70. The summed E-state index contributed by atoms with van der Waals surface area (Å²) in [7, 11) is 0. The van der Waals surface area contributed by atoms with Gasteiger partial charge in [-0.3, -0.25) is 0 Å². The Morgan fingerprint density at radius 1 is 1.07 bits per heavy atom. The lowest BCUT2D eigenvalue weighted by Crippen LogP contribution is -2.70. The molecule has 3 aliphatic rings. The summed E-state index contributed by atoms with van der Waals surface area (Å²) < 4.78 is 0. The summed E-state index contributed by atoms with van der Waals surface area (Å²) in [4.78, 5) is 0. The van der Waals surface area contributed by atoms with Crippen molar-refractivity contribution in [3.8, 4) is 0 Å². The largest absolute Gasteiger partial charge is 0.396 e. The predicted molar refractivity (Wildman–Crippen MR) is 53.8 cm³/mol. The van der Waals surface area contributed by atoms with Crippen LogP contribution in [-0.4, -0.2) is 22.4 Å². The van der Waals surface area contributed by atoms with E-state index in [0.717, 1.165) is 12.8 Å². The summed E-state index contributed by atoms with van der Waals surface area (Å²) in [5.74, 6) is 0.836. The van der Waals surface area contributed by atoms with E-state index in [2.05, 4.69) is 0 Å². The van der Waals surface area contributed by atoms with Crippen molar-refractivity contribution >= 4 is 0 Å². The molecule has 3 aliphatic carbocycles. The first kappa shape index (κ1) is 9.17. The average Bonchev–Trinajstić information content (AvgIpc) is 2.52. The van der Waals surface area contributed by atoms with Crippen molar-refractivity contribution in [1.29, 1.82) is 0 Å². The van der Waals surface area contributed by atoms with Crippen molar-refractivity contribution in [3.05, 3.63) is 0 Å². The maximum atomic E-state index is 10.7. The van der Waals surface area contributed by atoms with Crippen molar-refractivity contribution in [2.75, 3.05) is 6.61 Å². The van der Waals surface area contributed by atoms with Gasteiger partial charge >= 0.3 is 0 Å². The summed E-state index contributed by atoms with van der Waals surface area (Å²) in [6.45, 7) is 0.197. The molecule has 3 fully saturated rings. The number of aliphatic hydroxyl groups excluding tert-OH is 1. The zero-order valence-corrected chi connectivity index (χ0v) is 8.71. The van der Waals surface area contributed by atoms with Crippen LogP contribution in [-0.2, 0) is 0 Å². The van der Waals surface area contributed by atoms with Crippen LogP contribution in [0.25, 0.3) is 0 Å². The SMILES string of the molecule is OC[C@H]1[C@@H]2CCC[C@@]23CCCC[C@@]13O. The number of hydrogen-bond donors (Lipinski definition) is 2. The molecular weight excluding hydrogens is 176 g/mol. The smallest absolute Gasteiger partial charge is 0.0759 e. The van der Waals surface area contributed by atoms with Crippen LogP contribution in [0.3, 0.4) is 0 Å². The van der Waals surface area contributed by atoms with Gasteiger partial charge in [-0.2, -0.15) is 0 Å². The van der Waals surface area contributed by atoms with E-state index < -0.39 is 5.60 Å².